The summed E-state index contributed by atoms with van der Waals surface area (Å²) in [6, 6.07) is 33.3. The van der Waals surface area contributed by atoms with Crippen LogP contribution in [0.15, 0.2) is 136 Å². The lowest BCUT2D eigenvalue weighted by molar-refractivity contribution is -0.0436. The molecular weight excluding hydrogens is 1020 g/mol. The normalized spacial score (nSPS) is 15.7. The number of hydrogen-bond donors (Lipinski definition) is 4. The van der Waals surface area contributed by atoms with E-state index in [0.29, 0.717) is 93.2 Å². The van der Waals surface area contributed by atoms with Crippen LogP contribution in [0.3, 0.4) is 0 Å². The number of rotatable bonds is 18. The van der Waals surface area contributed by atoms with Gasteiger partial charge < -0.3 is 34.8 Å². The first-order valence-corrected chi connectivity index (χ1v) is 28.3. The average Bonchev–Trinajstić information content (AvgIpc) is 3.69. The number of hydrogen-bond acceptors (Lipinski definition) is 11. The van der Waals surface area contributed by atoms with Gasteiger partial charge in [-0.1, -0.05) is 54.1 Å². The predicted octanol–water partition coefficient (Wildman–Crippen LogP) is 10.9. The van der Waals surface area contributed by atoms with E-state index >= 15 is 0 Å². The number of aliphatic hydroxyl groups is 1. The summed E-state index contributed by atoms with van der Waals surface area (Å²) in [6.07, 6.45) is 1.23. The molecule has 0 amide bonds. The van der Waals surface area contributed by atoms with Crippen molar-refractivity contribution in [3.63, 3.8) is 0 Å². The fourth-order valence-electron chi connectivity index (χ4n) is 9.57. The number of nitrogens with one attached hydrogen (secondary N) is 2. The van der Waals surface area contributed by atoms with Gasteiger partial charge >= 0.3 is 11.5 Å². The molecule has 0 radical (unpaired) electrons. The van der Waals surface area contributed by atoms with Crippen LogP contribution in [0.1, 0.15) is 55.2 Å². The number of halogens is 4. The second-order valence-corrected chi connectivity index (χ2v) is 23.7. The summed E-state index contributed by atoms with van der Waals surface area (Å²) >= 11 is 7.70. The van der Waals surface area contributed by atoms with Gasteiger partial charge in [0, 0.05) is 102 Å². The standard InChI is InChI=1S/C53H58ClF3N6O7S3/c1-35(2)63-36(3)49(52(65)66)50(51(63)37-12-14-39(54)15-13-37)38-8-7-9-43(32-38)62-30-28-61(29-31-62)42-18-16-40(17-19-42)59-73(69,70)46-20-21-47(48(33-46)72(67,68)53(55,56)57)58-41(34-71-45-10-5-4-6-11-45)22-25-60-26-23-44(64)24-27-60/h4-21,32-33,35,41,44,58-59,64H,22-31,34H2,1-3H3,(H,65,66). The number of piperazine rings is 1. The molecule has 1 unspecified atom stereocenters. The van der Waals surface area contributed by atoms with Gasteiger partial charge in [0.05, 0.1) is 27.9 Å². The highest BCUT2D eigenvalue weighted by atomic mass is 35.5. The quantitative estimate of drug-likeness (QED) is 0.0603. The molecule has 0 spiro atoms. The van der Waals surface area contributed by atoms with Crippen LogP contribution in [0.25, 0.3) is 22.4 Å². The van der Waals surface area contributed by atoms with Crippen LogP contribution in [0.5, 0.6) is 0 Å². The predicted molar refractivity (Wildman–Crippen MR) is 285 cm³/mol. The first-order valence-electron chi connectivity index (χ1n) is 24.0. The van der Waals surface area contributed by atoms with Gasteiger partial charge in [0.25, 0.3) is 19.9 Å². The second kappa shape index (κ2) is 22.4. The fraction of sp³-hybridized carbons (Fsp3) is 0.340. The van der Waals surface area contributed by atoms with Gasteiger partial charge in [-0.05, 0) is 130 Å². The smallest absolute Gasteiger partial charge is 0.478 e. The number of alkyl halides is 3. The number of carboxylic acids is 1. The molecule has 2 fully saturated rings. The number of carbonyl (C=O) groups is 1. The number of aliphatic hydroxyl groups excluding tert-OH is 1. The third-order valence-corrected chi connectivity index (χ3v) is 17.7. The van der Waals surface area contributed by atoms with E-state index in [9.17, 15) is 45.0 Å². The summed E-state index contributed by atoms with van der Waals surface area (Å²) in [7, 11) is -10.6. The van der Waals surface area contributed by atoms with Crippen molar-refractivity contribution in [2.75, 3.05) is 71.4 Å². The van der Waals surface area contributed by atoms with E-state index in [1.807, 2.05) is 87.5 Å². The van der Waals surface area contributed by atoms with E-state index in [-0.39, 0.29) is 29.1 Å². The Hall–Kier alpha value is -5.70. The van der Waals surface area contributed by atoms with E-state index in [1.165, 1.54) is 23.9 Å². The Kier molecular flexibility index (Phi) is 16.5. The molecule has 8 rings (SSSR count). The lowest BCUT2D eigenvalue weighted by atomic mass is 9.96. The molecule has 20 heteroatoms. The molecular formula is C53H58ClF3N6O7S3. The van der Waals surface area contributed by atoms with Gasteiger partial charge in [-0.2, -0.15) is 13.2 Å². The highest BCUT2D eigenvalue weighted by Crippen LogP contribution is 2.43. The van der Waals surface area contributed by atoms with E-state index in [1.54, 1.807) is 24.3 Å². The molecule has 0 aliphatic carbocycles. The minimum absolute atomic E-state index is 0.0310. The zero-order chi connectivity index (χ0) is 52.2. The maximum atomic E-state index is 14.3. The number of anilines is 4. The number of sulfone groups is 1. The van der Waals surface area contributed by atoms with Crippen molar-refractivity contribution in [2.24, 2.45) is 0 Å². The molecule has 4 N–H and O–H groups in total. The number of thioether (sulfide) groups is 1. The molecule has 2 aliphatic rings. The van der Waals surface area contributed by atoms with Crippen LogP contribution >= 0.6 is 23.4 Å². The van der Waals surface area contributed by atoms with Crippen molar-refractivity contribution in [3.05, 3.63) is 138 Å². The molecule has 6 aromatic rings. The van der Waals surface area contributed by atoms with Crippen molar-refractivity contribution in [1.29, 1.82) is 0 Å². The van der Waals surface area contributed by atoms with E-state index in [4.69, 9.17) is 11.6 Å². The second-order valence-electron chi connectivity index (χ2n) is 18.6. The SMILES string of the molecule is Cc1c(C(=O)O)c(-c2cccc(N3CCN(c4ccc(NS(=O)(=O)c5ccc(NC(CCN6CCC(O)CC6)CSc6ccccc6)c(S(=O)(=O)C(F)(F)F)c5)cc4)CC3)c2)c(-c2ccc(Cl)cc2)n1C(C)C. The minimum Gasteiger partial charge on any atom is -0.478 e. The lowest BCUT2D eigenvalue weighted by Crippen LogP contribution is -2.46. The highest BCUT2D eigenvalue weighted by molar-refractivity contribution is 7.99. The van der Waals surface area contributed by atoms with E-state index in [0.717, 1.165) is 45.2 Å². The Bertz CT molecular complexity index is 3130. The Labute approximate surface area is 433 Å². The van der Waals surface area contributed by atoms with Crippen LogP contribution in [-0.4, -0.2) is 112 Å². The summed E-state index contributed by atoms with van der Waals surface area (Å²) < 4.78 is 101. The van der Waals surface area contributed by atoms with Crippen LogP contribution in [0, 0.1) is 6.92 Å². The maximum Gasteiger partial charge on any atom is 0.501 e. The van der Waals surface area contributed by atoms with Crippen molar-refractivity contribution in [2.45, 2.75) is 78.4 Å². The Morgan fingerprint density at radius 2 is 1.44 bits per heavy atom. The third kappa shape index (κ3) is 12.3. The molecule has 2 aliphatic heterocycles. The number of aromatic carboxylic acids is 1. The van der Waals surface area contributed by atoms with Crippen molar-refractivity contribution >= 4 is 71.9 Å². The van der Waals surface area contributed by atoms with E-state index in [2.05, 4.69) is 29.3 Å². The van der Waals surface area contributed by atoms with Crippen LogP contribution in [0.4, 0.5) is 35.9 Å². The zero-order valence-electron chi connectivity index (χ0n) is 40.5. The van der Waals surface area contributed by atoms with Gasteiger partial charge in [-0.25, -0.2) is 21.6 Å². The summed E-state index contributed by atoms with van der Waals surface area (Å²) in [4.78, 5) is 18.4. The number of piperidine rings is 1. The van der Waals surface area contributed by atoms with Gasteiger partial charge in [-0.15, -0.1) is 11.8 Å². The number of benzene rings is 5. The van der Waals surface area contributed by atoms with Crippen molar-refractivity contribution < 1.29 is 45.0 Å². The van der Waals surface area contributed by atoms with Gasteiger partial charge in [0.2, 0.25) is 0 Å². The summed E-state index contributed by atoms with van der Waals surface area (Å²) in [5, 5.41) is 24.1. The lowest BCUT2D eigenvalue weighted by Gasteiger charge is -2.37. The van der Waals surface area contributed by atoms with Crippen molar-refractivity contribution in [3.8, 4) is 22.4 Å². The van der Waals surface area contributed by atoms with Crippen LogP contribution in [-0.2, 0) is 19.9 Å². The first kappa shape index (κ1) is 53.6. The highest BCUT2D eigenvalue weighted by Gasteiger charge is 2.48. The number of nitrogens with zero attached hydrogens (tertiary/aromatic N) is 4. The Balaban J connectivity index is 0.969. The summed E-state index contributed by atoms with van der Waals surface area (Å²) in [5.74, 6) is -0.653. The summed E-state index contributed by atoms with van der Waals surface area (Å²) in [5.41, 5.74) is -0.354. The summed E-state index contributed by atoms with van der Waals surface area (Å²) in [6.45, 7) is 10.1. The fourth-order valence-corrected chi connectivity index (χ4v) is 12.8. The van der Waals surface area contributed by atoms with Crippen LogP contribution < -0.4 is 19.8 Å². The molecule has 388 valence electrons. The zero-order valence-corrected chi connectivity index (χ0v) is 43.7. The maximum absolute atomic E-state index is 14.3. The van der Waals surface area contributed by atoms with Gasteiger partial charge in [-0.3, -0.25) is 4.72 Å². The number of aromatic nitrogens is 1. The van der Waals surface area contributed by atoms with Crippen molar-refractivity contribution in [1.82, 2.24) is 9.47 Å². The molecule has 0 bridgehead atoms. The van der Waals surface area contributed by atoms with Gasteiger partial charge in [0.1, 0.15) is 4.90 Å². The minimum atomic E-state index is -6.03. The molecule has 2 saturated heterocycles. The molecule has 5 aromatic carbocycles. The average molecular weight is 1080 g/mol. The number of likely N-dealkylation sites (tertiary alicyclic amines) is 1. The Morgan fingerprint density at radius 1 is 0.795 bits per heavy atom. The molecule has 13 nitrogen and oxygen atoms in total. The molecule has 1 atom stereocenters. The Morgan fingerprint density at radius 3 is 2.05 bits per heavy atom. The number of carboxylic acid groups (broad SMARTS) is 1. The van der Waals surface area contributed by atoms with E-state index < -0.39 is 47.2 Å². The largest absolute Gasteiger partial charge is 0.501 e. The number of sulfonamides is 1. The topological polar surface area (TPSA) is 165 Å². The molecule has 0 saturated carbocycles. The molecule has 3 heterocycles. The molecule has 73 heavy (non-hydrogen) atoms. The van der Waals surface area contributed by atoms with Gasteiger partial charge in [0.15, 0.2) is 0 Å². The molecule has 1 aromatic heterocycles. The third-order valence-electron chi connectivity index (χ3n) is 13.3. The first-order chi connectivity index (χ1) is 34.7. The monoisotopic (exact) mass is 1080 g/mol. The van der Waals surface area contributed by atoms with Crippen LogP contribution in [0.2, 0.25) is 5.02 Å².